The van der Waals surface area contributed by atoms with Crippen molar-refractivity contribution in [1.29, 1.82) is 0 Å². The average Bonchev–Trinajstić information content (AvgIpc) is 2.80. The molecule has 32 heavy (non-hydrogen) atoms. The molecule has 0 heterocycles. The molecule has 6 nitrogen and oxygen atoms in total. The van der Waals surface area contributed by atoms with E-state index in [2.05, 4.69) is 22.5 Å². The Hall–Kier alpha value is -2.64. The van der Waals surface area contributed by atoms with Crippen molar-refractivity contribution >= 4 is 23.6 Å². The molecule has 174 valence electrons. The molecule has 0 aromatic heterocycles. The summed E-state index contributed by atoms with van der Waals surface area (Å²) in [5.41, 5.74) is 1.85. The number of ether oxygens (including phenoxy) is 1. The third-order valence-electron chi connectivity index (χ3n) is 5.26. The number of hydrogen-bond donors (Lipinski definition) is 2. The van der Waals surface area contributed by atoms with Crippen molar-refractivity contribution in [3.63, 3.8) is 0 Å². The minimum Gasteiger partial charge on any atom is -0.469 e. The number of methoxy groups -OCH3 is 1. The fourth-order valence-electron chi connectivity index (χ4n) is 3.34. The molecule has 2 N–H and O–H groups in total. The molecule has 0 radical (unpaired) electrons. The molecule has 2 aromatic carbocycles. The number of nitrogens with one attached hydrogen (secondary N) is 2. The van der Waals surface area contributed by atoms with Gasteiger partial charge < -0.3 is 15.4 Å². The smallest absolute Gasteiger partial charge is 0.315 e. The van der Waals surface area contributed by atoms with Gasteiger partial charge in [0, 0.05) is 37.1 Å². The van der Waals surface area contributed by atoms with E-state index in [1.165, 1.54) is 19.2 Å². The van der Waals surface area contributed by atoms with Crippen LogP contribution in [-0.2, 0) is 16.1 Å². The molecule has 1 atom stereocenters. The minimum absolute atomic E-state index is 0.0438. The van der Waals surface area contributed by atoms with Gasteiger partial charge in [-0.3, -0.25) is 9.69 Å². The first-order valence-corrected chi connectivity index (χ1v) is 11.1. The van der Waals surface area contributed by atoms with Gasteiger partial charge >= 0.3 is 12.0 Å². The fraction of sp³-hybridized carbons (Fsp3) is 0.417. The van der Waals surface area contributed by atoms with E-state index in [1.54, 1.807) is 18.2 Å². The topological polar surface area (TPSA) is 70.7 Å². The molecule has 2 rings (SSSR count). The first kappa shape index (κ1) is 25.6. The molecule has 1 unspecified atom stereocenters. The number of amides is 2. The number of hydrogen-bond acceptors (Lipinski definition) is 4. The lowest BCUT2D eigenvalue weighted by molar-refractivity contribution is -0.140. The van der Waals surface area contributed by atoms with Gasteiger partial charge in [0.15, 0.2) is 0 Å². The Morgan fingerprint density at radius 2 is 1.75 bits per heavy atom. The number of carbonyl (C=O) groups excluding carboxylic acids is 2. The molecule has 8 heteroatoms. The number of esters is 1. The van der Waals surface area contributed by atoms with E-state index in [4.69, 9.17) is 16.3 Å². The summed E-state index contributed by atoms with van der Waals surface area (Å²) < 4.78 is 18.0. The summed E-state index contributed by atoms with van der Waals surface area (Å²) in [6.45, 7) is 4.30. The summed E-state index contributed by atoms with van der Waals surface area (Å²) in [5.74, 6) is -0.513. The lowest BCUT2D eigenvalue weighted by Gasteiger charge is -2.29. The summed E-state index contributed by atoms with van der Waals surface area (Å²) in [5, 5.41) is 6.27. The highest BCUT2D eigenvalue weighted by molar-refractivity contribution is 6.31. The van der Waals surface area contributed by atoms with Crippen molar-refractivity contribution in [3.8, 4) is 0 Å². The quantitative estimate of drug-likeness (QED) is 0.354. The van der Waals surface area contributed by atoms with Crippen molar-refractivity contribution in [1.82, 2.24) is 15.5 Å². The molecule has 2 aromatic rings. The van der Waals surface area contributed by atoms with Crippen LogP contribution in [0.25, 0.3) is 0 Å². The molecule has 0 saturated heterocycles. The van der Waals surface area contributed by atoms with Crippen LogP contribution >= 0.6 is 11.6 Å². The van der Waals surface area contributed by atoms with Gasteiger partial charge in [0.1, 0.15) is 5.82 Å². The van der Waals surface area contributed by atoms with Gasteiger partial charge in [0.05, 0.1) is 7.11 Å². The van der Waals surface area contributed by atoms with Gasteiger partial charge in [-0.05, 0) is 55.6 Å². The molecular weight excluding hydrogens is 433 g/mol. The fourth-order valence-corrected chi connectivity index (χ4v) is 3.55. The van der Waals surface area contributed by atoms with Gasteiger partial charge in [-0.25, -0.2) is 9.18 Å². The lowest BCUT2D eigenvalue weighted by Crippen LogP contribution is -2.37. The number of rotatable bonds is 12. The van der Waals surface area contributed by atoms with Crippen molar-refractivity contribution in [2.45, 2.75) is 38.8 Å². The minimum atomic E-state index is -0.273. The van der Waals surface area contributed by atoms with E-state index in [0.717, 1.165) is 17.5 Å². The predicted octanol–water partition coefficient (Wildman–Crippen LogP) is 4.68. The number of carbonyl (C=O) groups is 2. The second-order valence-corrected chi connectivity index (χ2v) is 7.90. The molecule has 0 saturated carbocycles. The maximum atomic E-state index is 13.3. The highest BCUT2D eigenvalue weighted by Gasteiger charge is 2.16. The van der Waals surface area contributed by atoms with Gasteiger partial charge in [0.2, 0.25) is 0 Å². The largest absolute Gasteiger partial charge is 0.469 e. The number of urea groups is 1. The number of benzene rings is 2. The van der Waals surface area contributed by atoms with Crippen molar-refractivity contribution < 1.29 is 18.7 Å². The summed E-state index contributed by atoms with van der Waals surface area (Å²) in [6.07, 6.45) is 1.72. The summed E-state index contributed by atoms with van der Waals surface area (Å²) in [6, 6.07) is 13.6. The number of halogens is 2. The summed E-state index contributed by atoms with van der Waals surface area (Å²) in [4.78, 5) is 25.7. The Labute approximate surface area is 194 Å². The van der Waals surface area contributed by atoms with Crippen molar-refractivity contribution in [2.24, 2.45) is 0 Å². The van der Waals surface area contributed by atoms with Crippen LogP contribution in [0.15, 0.2) is 48.5 Å². The highest BCUT2D eigenvalue weighted by atomic mass is 35.5. The van der Waals surface area contributed by atoms with E-state index < -0.39 is 0 Å². The van der Waals surface area contributed by atoms with Crippen LogP contribution in [0.5, 0.6) is 0 Å². The van der Waals surface area contributed by atoms with E-state index in [-0.39, 0.29) is 23.9 Å². The lowest BCUT2D eigenvalue weighted by atomic mass is 10.1. The Bertz CT molecular complexity index is 864. The molecule has 0 aliphatic carbocycles. The molecule has 0 fully saturated rings. The second kappa shape index (κ2) is 13.7. The number of nitrogens with zero attached hydrogens (tertiary/aromatic N) is 1. The Morgan fingerprint density at radius 1 is 1.06 bits per heavy atom. The molecule has 2 amide bonds. The molecule has 0 bridgehead atoms. The van der Waals surface area contributed by atoms with Crippen molar-refractivity contribution in [2.75, 3.05) is 26.7 Å². The maximum absolute atomic E-state index is 13.3. The van der Waals surface area contributed by atoms with Crippen LogP contribution in [-0.4, -0.2) is 43.6 Å². The zero-order valence-electron chi connectivity index (χ0n) is 18.6. The highest BCUT2D eigenvalue weighted by Crippen LogP contribution is 2.21. The SMILES string of the molecule is COC(=O)CCCN(CCCNC(=O)NCc1ccccc1Cl)C(C)c1ccc(F)cc1. The van der Waals surface area contributed by atoms with Gasteiger partial charge in [-0.1, -0.05) is 41.9 Å². The Kier molecular flexibility index (Phi) is 11.0. The van der Waals surface area contributed by atoms with E-state index >= 15 is 0 Å². The van der Waals surface area contributed by atoms with Crippen LogP contribution in [0.1, 0.15) is 43.4 Å². The average molecular weight is 464 g/mol. The maximum Gasteiger partial charge on any atom is 0.315 e. The zero-order chi connectivity index (χ0) is 23.3. The summed E-state index contributed by atoms with van der Waals surface area (Å²) in [7, 11) is 1.38. The van der Waals surface area contributed by atoms with Crippen LogP contribution in [0.3, 0.4) is 0 Å². The first-order chi connectivity index (χ1) is 15.4. The molecular formula is C24H31ClFN3O3. The third-order valence-corrected chi connectivity index (χ3v) is 5.63. The normalized spacial score (nSPS) is 11.8. The van der Waals surface area contributed by atoms with Crippen LogP contribution in [0.4, 0.5) is 9.18 Å². The van der Waals surface area contributed by atoms with E-state index in [9.17, 15) is 14.0 Å². The first-order valence-electron chi connectivity index (χ1n) is 10.7. The van der Waals surface area contributed by atoms with Gasteiger partial charge in [-0.15, -0.1) is 0 Å². The Balaban J connectivity index is 1.81. The third kappa shape index (κ3) is 8.85. The predicted molar refractivity (Wildman–Crippen MR) is 124 cm³/mol. The van der Waals surface area contributed by atoms with Gasteiger partial charge in [0.25, 0.3) is 0 Å². The second-order valence-electron chi connectivity index (χ2n) is 7.50. The van der Waals surface area contributed by atoms with Crippen molar-refractivity contribution in [3.05, 3.63) is 70.5 Å². The summed E-state index contributed by atoms with van der Waals surface area (Å²) >= 11 is 6.10. The van der Waals surface area contributed by atoms with E-state index in [1.807, 2.05) is 18.2 Å². The molecule has 0 aliphatic rings. The van der Waals surface area contributed by atoms with Crippen LogP contribution in [0, 0.1) is 5.82 Å². The van der Waals surface area contributed by atoms with Crippen LogP contribution < -0.4 is 10.6 Å². The van der Waals surface area contributed by atoms with E-state index in [0.29, 0.717) is 44.0 Å². The zero-order valence-corrected chi connectivity index (χ0v) is 19.3. The van der Waals surface area contributed by atoms with Crippen LogP contribution in [0.2, 0.25) is 5.02 Å². The molecule has 0 aliphatic heterocycles. The Morgan fingerprint density at radius 3 is 2.44 bits per heavy atom. The van der Waals surface area contributed by atoms with Gasteiger partial charge in [-0.2, -0.15) is 0 Å². The monoisotopic (exact) mass is 463 g/mol. The standard InChI is InChI=1S/C24H31ClFN3O3/c1-18(19-10-12-21(26)13-11-19)29(15-5-9-23(30)32-2)16-6-14-27-24(31)28-17-20-7-3-4-8-22(20)25/h3-4,7-8,10-13,18H,5-6,9,14-17H2,1-2H3,(H2,27,28,31). The molecule has 0 spiro atoms.